The molecule has 0 aliphatic rings. The van der Waals surface area contributed by atoms with Crippen LogP contribution in [-0.2, 0) is 4.79 Å². The largest absolute Gasteiger partial charge is 0.479 e. The number of urea groups is 1. The van der Waals surface area contributed by atoms with Crippen LogP contribution in [0.5, 0.6) is 0 Å². The molecule has 0 saturated carbocycles. The fourth-order valence-electron chi connectivity index (χ4n) is 1.40. The average molecular weight is 283 g/mol. The highest BCUT2D eigenvalue weighted by Crippen LogP contribution is 2.24. The Morgan fingerprint density at radius 2 is 2.10 bits per heavy atom. The van der Waals surface area contributed by atoms with Crippen molar-refractivity contribution in [3.05, 3.63) is 33.9 Å². The van der Waals surface area contributed by atoms with Gasteiger partial charge in [-0.2, -0.15) is 0 Å². The summed E-state index contributed by atoms with van der Waals surface area (Å²) >= 11 is 0. The van der Waals surface area contributed by atoms with E-state index in [4.69, 9.17) is 10.2 Å². The van der Waals surface area contributed by atoms with Crippen molar-refractivity contribution in [2.75, 3.05) is 11.9 Å². The molecular formula is C11H13N3O6. The normalized spacial score (nSPS) is 11.5. The number of nitro benzene ring substituents is 1. The van der Waals surface area contributed by atoms with Crippen LogP contribution in [0, 0.1) is 17.0 Å². The van der Waals surface area contributed by atoms with Crippen LogP contribution in [-0.4, -0.2) is 39.8 Å². The van der Waals surface area contributed by atoms with E-state index in [1.165, 1.54) is 25.1 Å². The first-order valence-corrected chi connectivity index (χ1v) is 5.52. The molecule has 9 heteroatoms. The van der Waals surface area contributed by atoms with Gasteiger partial charge in [0.15, 0.2) is 6.10 Å². The third kappa shape index (κ3) is 3.92. The summed E-state index contributed by atoms with van der Waals surface area (Å²) in [6, 6.07) is 3.41. The van der Waals surface area contributed by atoms with E-state index in [9.17, 15) is 19.7 Å². The number of amides is 2. The van der Waals surface area contributed by atoms with Crippen molar-refractivity contribution < 1.29 is 24.7 Å². The lowest BCUT2D eigenvalue weighted by atomic mass is 10.1. The van der Waals surface area contributed by atoms with Gasteiger partial charge in [-0.25, -0.2) is 9.59 Å². The molecule has 1 aromatic rings. The molecule has 0 saturated heterocycles. The number of carbonyl (C=O) groups is 2. The zero-order chi connectivity index (χ0) is 15.3. The Kier molecular flexibility index (Phi) is 4.98. The number of nitro groups is 1. The maximum Gasteiger partial charge on any atom is 0.334 e. The molecular weight excluding hydrogens is 270 g/mol. The number of aliphatic carboxylic acids is 1. The zero-order valence-corrected chi connectivity index (χ0v) is 10.5. The first kappa shape index (κ1) is 15.4. The molecule has 108 valence electrons. The molecule has 0 heterocycles. The van der Waals surface area contributed by atoms with Gasteiger partial charge in [-0.05, 0) is 13.0 Å². The van der Waals surface area contributed by atoms with E-state index in [1.807, 2.05) is 0 Å². The van der Waals surface area contributed by atoms with Crippen molar-refractivity contribution >= 4 is 23.4 Å². The second-order valence-electron chi connectivity index (χ2n) is 3.90. The number of aliphatic hydroxyl groups is 1. The lowest BCUT2D eigenvalue weighted by molar-refractivity contribution is -0.385. The fourth-order valence-corrected chi connectivity index (χ4v) is 1.40. The molecule has 4 N–H and O–H groups in total. The molecule has 20 heavy (non-hydrogen) atoms. The van der Waals surface area contributed by atoms with Crippen LogP contribution in [0.25, 0.3) is 0 Å². The van der Waals surface area contributed by atoms with Gasteiger partial charge >= 0.3 is 12.0 Å². The van der Waals surface area contributed by atoms with Gasteiger partial charge in [0.1, 0.15) is 0 Å². The van der Waals surface area contributed by atoms with Crippen molar-refractivity contribution in [2.45, 2.75) is 13.0 Å². The summed E-state index contributed by atoms with van der Waals surface area (Å²) < 4.78 is 0. The van der Waals surface area contributed by atoms with Gasteiger partial charge in [0, 0.05) is 6.07 Å². The van der Waals surface area contributed by atoms with Crippen molar-refractivity contribution in [1.82, 2.24) is 5.32 Å². The second-order valence-corrected chi connectivity index (χ2v) is 3.90. The molecule has 0 aliphatic heterocycles. The SMILES string of the molecule is Cc1c(NC(=O)NC[C@H](O)C(=O)O)cccc1[N+](=O)[O-]. The monoisotopic (exact) mass is 283 g/mol. The van der Waals surface area contributed by atoms with E-state index in [-0.39, 0.29) is 16.9 Å². The number of aliphatic hydroxyl groups excluding tert-OH is 1. The molecule has 2 amide bonds. The minimum absolute atomic E-state index is 0.145. The van der Waals surface area contributed by atoms with Crippen molar-refractivity contribution in [3.8, 4) is 0 Å². The van der Waals surface area contributed by atoms with E-state index in [2.05, 4.69) is 10.6 Å². The number of nitrogens with zero attached hydrogens (tertiary/aromatic N) is 1. The minimum Gasteiger partial charge on any atom is -0.479 e. The Balaban J connectivity index is 2.69. The van der Waals surface area contributed by atoms with Crippen molar-refractivity contribution in [3.63, 3.8) is 0 Å². The molecule has 1 atom stereocenters. The predicted octanol–water partition coefficient (Wildman–Crippen LogP) is 0.470. The van der Waals surface area contributed by atoms with Crippen molar-refractivity contribution in [2.24, 2.45) is 0 Å². The maximum absolute atomic E-state index is 11.5. The standard InChI is InChI=1S/C11H13N3O6/c1-6-7(3-2-4-8(6)14(19)20)13-11(18)12-5-9(15)10(16)17/h2-4,9,15H,5H2,1H3,(H,16,17)(H2,12,13,18)/t9-/m0/s1. The van der Waals surface area contributed by atoms with E-state index in [0.717, 1.165) is 0 Å². The van der Waals surface area contributed by atoms with Crippen molar-refractivity contribution in [1.29, 1.82) is 0 Å². The van der Waals surface area contributed by atoms with Gasteiger partial charge in [-0.1, -0.05) is 6.07 Å². The van der Waals surface area contributed by atoms with Crippen LogP contribution >= 0.6 is 0 Å². The molecule has 0 spiro atoms. The Bertz CT molecular complexity index is 545. The number of carboxylic acid groups (broad SMARTS) is 1. The summed E-state index contributed by atoms with van der Waals surface area (Å²) in [7, 11) is 0. The molecule has 9 nitrogen and oxygen atoms in total. The Morgan fingerprint density at radius 3 is 2.65 bits per heavy atom. The second kappa shape index (κ2) is 6.48. The van der Waals surface area contributed by atoms with E-state index >= 15 is 0 Å². The number of hydrogen-bond acceptors (Lipinski definition) is 5. The highest BCUT2D eigenvalue weighted by molar-refractivity contribution is 5.91. The van der Waals surface area contributed by atoms with Gasteiger partial charge in [0.05, 0.1) is 22.7 Å². The van der Waals surface area contributed by atoms with E-state index < -0.39 is 29.6 Å². The van der Waals surface area contributed by atoms with Crippen LogP contribution in [0.3, 0.4) is 0 Å². The molecule has 1 rings (SSSR count). The predicted molar refractivity (Wildman–Crippen MR) is 68.5 cm³/mol. The fraction of sp³-hybridized carbons (Fsp3) is 0.273. The third-order valence-corrected chi connectivity index (χ3v) is 2.49. The van der Waals surface area contributed by atoms with E-state index in [1.54, 1.807) is 0 Å². The quantitative estimate of drug-likeness (QED) is 0.457. The number of carbonyl (C=O) groups excluding carboxylic acids is 1. The summed E-state index contributed by atoms with van der Waals surface area (Å²) in [5.41, 5.74) is 0.348. The van der Waals surface area contributed by atoms with Gasteiger partial charge in [0.2, 0.25) is 0 Å². The summed E-state index contributed by atoms with van der Waals surface area (Å²) in [6.07, 6.45) is -1.72. The summed E-state index contributed by atoms with van der Waals surface area (Å²) in [5.74, 6) is -1.46. The Labute approximate surface area is 113 Å². The molecule has 0 aliphatic carbocycles. The third-order valence-electron chi connectivity index (χ3n) is 2.49. The highest BCUT2D eigenvalue weighted by atomic mass is 16.6. The van der Waals surface area contributed by atoms with Gasteiger partial charge in [-0.15, -0.1) is 0 Å². The highest BCUT2D eigenvalue weighted by Gasteiger charge is 2.16. The first-order valence-electron chi connectivity index (χ1n) is 5.52. The molecule has 0 radical (unpaired) electrons. The van der Waals surface area contributed by atoms with Crippen LogP contribution < -0.4 is 10.6 Å². The zero-order valence-electron chi connectivity index (χ0n) is 10.5. The summed E-state index contributed by atoms with van der Waals surface area (Å²) in [6.45, 7) is 0.995. The van der Waals surface area contributed by atoms with Gasteiger partial charge < -0.3 is 20.8 Å². The number of nitrogens with one attached hydrogen (secondary N) is 2. The topological polar surface area (TPSA) is 142 Å². The lowest BCUT2D eigenvalue weighted by Gasteiger charge is -2.11. The van der Waals surface area contributed by atoms with Crippen LogP contribution in [0.4, 0.5) is 16.2 Å². The maximum atomic E-state index is 11.5. The van der Waals surface area contributed by atoms with E-state index in [0.29, 0.717) is 0 Å². The Morgan fingerprint density at radius 1 is 1.45 bits per heavy atom. The summed E-state index contributed by atoms with van der Waals surface area (Å²) in [5, 5.41) is 32.6. The average Bonchev–Trinajstić information content (AvgIpc) is 2.37. The van der Waals surface area contributed by atoms with Gasteiger partial charge in [-0.3, -0.25) is 10.1 Å². The Hall–Kier alpha value is -2.68. The smallest absolute Gasteiger partial charge is 0.334 e. The lowest BCUT2D eigenvalue weighted by Crippen LogP contribution is -2.38. The number of carboxylic acids is 1. The molecule has 0 bridgehead atoms. The number of hydrogen-bond donors (Lipinski definition) is 4. The van der Waals surface area contributed by atoms with Crippen LogP contribution in [0.2, 0.25) is 0 Å². The van der Waals surface area contributed by atoms with Crippen LogP contribution in [0.15, 0.2) is 18.2 Å². The van der Waals surface area contributed by atoms with Gasteiger partial charge in [0.25, 0.3) is 5.69 Å². The first-order chi connectivity index (χ1) is 9.32. The number of anilines is 1. The summed E-state index contributed by atoms with van der Waals surface area (Å²) in [4.78, 5) is 32.0. The molecule has 1 aromatic carbocycles. The number of rotatable bonds is 5. The number of benzene rings is 1. The molecule has 0 fully saturated rings. The van der Waals surface area contributed by atoms with Crippen LogP contribution in [0.1, 0.15) is 5.56 Å². The minimum atomic E-state index is -1.72. The molecule has 0 aromatic heterocycles. The molecule has 0 unspecified atom stereocenters.